The molecule has 3 N–H and O–H groups in total. The van der Waals surface area contributed by atoms with Crippen LogP contribution in [0, 0.1) is 6.92 Å². The molecule has 0 aliphatic carbocycles. The Bertz CT molecular complexity index is 1170. The summed E-state index contributed by atoms with van der Waals surface area (Å²) in [6.45, 7) is 2.66. The molecule has 1 aliphatic rings. The molecule has 13 heteroatoms. The lowest BCUT2D eigenvalue weighted by Gasteiger charge is -2.18. The van der Waals surface area contributed by atoms with Gasteiger partial charge in [0.2, 0.25) is 5.91 Å². The van der Waals surface area contributed by atoms with Crippen molar-refractivity contribution in [2.75, 3.05) is 28.6 Å². The van der Waals surface area contributed by atoms with Gasteiger partial charge in [0.05, 0.1) is 18.7 Å². The molecular formula is C22H23F4N7OS. The standard InChI is InChI=1S/C22H23F4N7OS/c1-13-10-18(32-31-13)28-17-11-19(33-9-7-14(23)12-33)30-21(29-17)35-16-4-2-15(3-5-16)27-20(34)6-8-22(24,25)26/h2-5,10-11,14H,6-9,12H2,1H3,(H,27,34)(H2,28,29,30,31,32). The van der Waals surface area contributed by atoms with Crippen LogP contribution in [-0.4, -0.2) is 51.5 Å². The lowest BCUT2D eigenvalue weighted by atomic mass is 10.2. The zero-order valence-electron chi connectivity index (χ0n) is 18.7. The molecule has 0 spiro atoms. The number of benzene rings is 1. The highest BCUT2D eigenvalue weighted by Gasteiger charge is 2.28. The Morgan fingerprint density at radius 2 is 2.00 bits per heavy atom. The van der Waals surface area contributed by atoms with E-state index in [-0.39, 0.29) is 6.54 Å². The summed E-state index contributed by atoms with van der Waals surface area (Å²) in [7, 11) is 0. The van der Waals surface area contributed by atoms with Gasteiger partial charge in [0.1, 0.15) is 23.6 Å². The first-order chi connectivity index (χ1) is 16.6. The average molecular weight is 510 g/mol. The average Bonchev–Trinajstić information content (AvgIpc) is 3.41. The number of hydrogen-bond acceptors (Lipinski definition) is 7. The van der Waals surface area contributed by atoms with Crippen LogP contribution in [0.2, 0.25) is 0 Å². The highest BCUT2D eigenvalue weighted by Crippen LogP contribution is 2.31. The zero-order valence-corrected chi connectivity index (χ0v) is 19.5. The third-order valence-corrected chi connectivity index (χ3v) is 5.97. The number of rotatable bonds is 8. The Balaban J connectivity index is 1.47. The van der Waals surface area contributed by atoms with Crippen molar-refractivity contribution in [3.8, 4) is 0 Å². The second kappa shape index (κ2) is 10.5. The van der Waals surface area contributed by atoms with E-state index in [0.717, 1.165) is 10.6 Å². The number of alkyl halides is 4. The number of aryl methyl sites for hydroxylation is 1. The normalized spacial score (nSPS) is 15.9. The molecule has 1 unspecified atom stereocenters. The lowest BCUT2D eigenvalue weighted by molar-refractivity contribution is -0.142. The van der Waals surface area contributed by atoms with Gasteiger partial charge in [0, 0.05) is 35.7 Å². The number of H-pyrrole nitrogens is 1. The van der Waals surface area contributed by atoms with E-state index in [1.165, 1.54) is 11.8 Å². The molecule has 8 nitrogen and oxygen atoms in total. The molecule has 3 aromatic rings. The monoisotopic (exact) mass is 509 g/mol. The zero-order chi connectivity index (χ0) is 25.0. The Morgan fingerprint density at radius 1 is 1.23 bits per heavy atom. The van der Waals surface area contributed by atoms with Crippen molar-refractivity contribution in [2.45, 2.75) is 48.6 Å². The van der Waals surface area contributed by atoms with E-state index < -0.39 is 31.1 Å². The maximum Gasteiger partial charge on any atom is 0.389 e. The minimum Gasteiger partial charge on any atom is -0.353 e. The molecule has 0 radical (unpaired) electrons. The molecule has 3 heterocycles. The predicted molar refractivity (Wildman–Crippen MR) is 125 cm³/mol. The van der Waals surface area contributed by atoms with Gasteiger partial charge in [-0.1, -0.05) is 0 Å². The van der Waals surface area contributed by atoms with E-state index in [0.29, 0.717) is 41.3 Å². The summed E-state index contributed by atoms with van der Waals surface area (Å²) >= 11 is 1.26. The number of carbonyl (C=O) groups excluding carboxylic acids is 1. The summed E-state index contributed by atoms with van der Waals surface area (Å²) in [5.41, 5.74) is 1.20. The fourth-order valence-corrected chi connectivity index (χ4v) is 4.19. The molecule has 1 amide bonds. The van der Waals surface area contributed by atoms with Crippen LogP contribution in [0.5, 0.6) is 0 Å². The SMILES string of the molecule is Cc1cc(Nc2cc(N3CCC(F)C3)nc(Sc3ccc(NC(=O)CCC(F)(F)F)cc3)n2)[nH]n1. The number of aromatic nitrogens is 4. The van der Waals surface area contributed by atoms with Crippen LogP contribution in [0.3, 0.4) is 0 Å². The number of hydrogen-bond donors (Lipinski definition) is 3. The molecule has 4 rings (SSSR count). The largest absolute Gasteiger partial charge is 0.389 e. The highest BCUT2D eigenvalue weighted by molar-refractivity contribution is 7.99. The van der Waals surface area contributed by atoms with Crippen molar-refractivity contribution in [3.05, 3.63) is 42.1 Å². The number of amides is 1. The molecule has 186 valence electrons. The smallest absolute Gasteiger partial charge is 0.353 e. The number of aromatic amines is 1. The highest BCUT2D eigenvalue weighted by atomic mass is 32.2. The molecule has 1 atom stereocenters. The Morgan fingerprint density at radius 3 is 2.63 bits per heavy atom. The number of halogens is 4. The van der Waals surface area contributed by atoms with Gasteiger partial charge < -0.3 is 15.5 Å². The lowest BCUT2D eigenvalue weighted by Crippen LogP contribution is -2.21. The second-order valence-corrected chi connectivity index (χ2v) is 9.10. The minimum atomic E-state index is -4.38. The Hall–Kier alpha value is -3.35. The van der Waals surface area contributed by atoms with Gasteiger partial charge in [0.25, 0.3) is 0 Å². The summed E-state index contributed by atoms with van der Waals surface area (Å²) in [4.78, 5) is 23.5. The van der Waals surface area contributed by atoms with E-state index >= 15 is 0 Å². The number of nitrogens with one attached hydrogen (secondary N) is 3. The van der Waals surface area contributed by atoms with Crippen molar-refractivity contribution in [2.24, 2.45) is 0 Å². The van der Waals surface area contributed by atoms with E-state index in [1.807, 2.05) is 17.9 Å². The fraction of sp³-hybridized carbons (Fsp3) is 0.364. The van der Waals surface area contributed by atoms with Gasteiger partial charge in [0.15, 0.2) is 5.16 Å². The maximum atomic E-state index is 13.8. The molecule has 0 bridgehead atoms. The van der Waals surface area contributed by atoms with Crippen molar-refractivity contribution >= 4 is 40.8 Å². The summed E-state index contributed by atoms with van der Waals surface area (Å²) < 4.78 is 50.6. The molecular weight excluding hydrogens is 486 g/mol. The summed E-state index contributed by atoms with van der Waals surface area (Å²) in [6.07, 6.45) is -6.66. The molecule has 1 saturated heterocycles. The molecule has 35 heavy (non-hydrogen) atoms. The van der Waals surface area contributed by atoms with Crippen LogP contribution in [0.4, 0.5) is 40.7 Å². The van der Waals surface area contributed by atoms with Gasteiger partial charge >= 0.3 is 6.18 Å². The van der Waals surface area contributed by atoms with Gasteiger partial charge in [-0.25, -0.2) is 14.4 Å². The third kappa shape index (κ3) is 7.31. The first kappa shape index (κ1) is 24.8. The van der Waals surface area contributed by atoms with Crippen LogP contribution in [0.25, 0.3) is 0 Å². The quantitative estimate of drug-likeness (QED) is 0.282. The predicted octanol–water partition coefficient (Wildman–Crippen LogP) is 5.23. The molecule has 2 aromatic heterocycles. The van der Waals surface area contributed by atoms with E-state index in [9.17, 15) is 22.4 Å². The number of nitrogens with zero attached hydrogens (tertiary/aromatic N) is 4. The summed E-state index contributed by atoms with van der Waals surface area (Å²) in [5.74, 6) is 1.05. The Labute approximate surface area is 202 Å². The van der Waals surface area contributed by atoms with Crippen LogP contribution in [0.15, 0.2) is 46.5 Å². The Kier molecular flexibility index (Phi) is 7.43. The maximum absolute atomic E-state index is 13.8. The van der Waals surface area contributed by atoms with Crippen molar-refractivity contribution in [1.29, 1.82) is 0 Å². The van der Waals surface area contributed by atoms with Gasteiger partial charge in [-0.15, -0.1) is 0 Å². The molecule has 1 fully saturated rings. The second-order valence-electron chi connectivity index (χ2n) is 8.06. The molecule has 0 saturated carbocycles. The molecule has 1 aliphatic heterocycles. The minimum absolute atomic E-state index is 0.256. The van der Waals surface area contributed by atoms with Crippen LogP contribution < -0.4 is 15.5 Å². The first-order valence-corrected chi connectivity index (χ1v) is 11.7. The van der Waals surface area contributed by atoms with Crippen molar-refractivity contribution in [3.63, 3.8) is 0 Å². The first-order valence-electron chi connectivity index (χ1n) is 10.8. The molecule has 1 aromatic carbocycles. The van der Waals surface area contributed by atoms with Crippen molar-refractivity contribution in [1.82, 2.24) is 20.2 Å². The van der Waals surface area contributed by atoms with Gasteiger partial charge in [-0.3, -0.25) is 9.89 Å². The topological polar surface area (TPSA) is 98.8 Å². The van der Waals surface area contributed by atoms with E-state index in [1.54, 1.807) is 30.3 Å². The van der Waals surface area contributed by atoms with E-state index in [4.69, 9.17) is 0 Å². The summed E-state index contributed by atoms with van der Waals surface area (Å²) in [6, 6.07) is 10.2. The fourth-order valence-electron chi connectivity index (χ4n) is 3.42. The summed E-state index contributed by atoms with van der Waals surface area (Å²) in [5, 5.41) is 13.0. The van der Waals surface area contributed by atoms with Crippen LogP contribution in [0.1, 0.15) is 25.0 Å². The van der Waals surface area contributed by atoms with E-state index in [2.05, 4.69) is 30.8 Å². The van der Waals surface area contributed by atoms with Crippen LogP contribution in [-0.2, 0) is 4.79 Å². The number of carbonyl (C=O) groups is 1. The van der Waals surface area contributed by atoms with Crippen molar-refractivity contribution < 1.29 is 22.4 Å². The van der Waals surface area contributed by atoms with Crippen LogP contribution >= 0.6 is 11.8 Å². The number of anilines is 4. The third-order valence-electron chi connectivity index (χ3n) is 5.10. The van der Waals surface area contributed by atoms with Gasteiger partial charge in [-0.2, -0.15) is 18.3 Å². The van der Waals surface area contributed by atoms with Gasteiger partial charge in [-0.05, 0) is 49.4 Å².